The van der Waals surface area contributed by atoms with Crippen molar-refractivity contribution in [1.29, 1.82) is 0 Å². The van der Waals surface area contributed by atoms with E-state index in [0.717, 1.165) is 12.4 Å². The predicted molar refractivity (Wildman–Crippen MR) is 53.8 cm³/mol. The molecule has 0 fully saturated rings. The van der Waals surface area contributed by atoms with Gasteiger partial charge < -0.3 is 10.1 Å². The summed E-state index contributed by atoms with van der Waals surface area (Å²) in [5.74, 6) is 0.856. The molecule has 0 amide bonds. The minimum atomic E-state index is 0.508. The Morgan fingerprint density at radius 3 is 2.93 bits per heavy atom. The van der Waals surface area contributed by atoms with E-state index in [0.29, 0.717) is 19.3 Å². The van der Waals surface area contributed by atoms with E-state index in [1.807, 2.05) is 7.05 Å². The SMILES string of the molecule is CC(C)NCCOCc1ncnn1C. The highest BCUT2D eigenvalue weighted by molar-refractivity contribution is 4.79. The lowest BCUT2D eigenvalue weighted by molar-refractivity contribution is 0.113. The lowest BCUT2D eigenvalue weighted by Gasteiger charge is -2.07. The topological polar surface area (TPSA) is 52.0 Å². The quantitative estimate of drug-likeness (QED) is 0.669. The second kappa shape index (κ2) is 5.72. The largest absolute Gasteiger partial charge is 0.372 e. The van der Waals surface area contributed by atoms with Crippen LogP contribution in [-0.2, 0) is 18.4 Å². The van der Waals surface area contributed by atoms with Crippen molar-refractivity contribution in [3.05, 3.63) is 12.2 Å². The molecule has 5 heteroatoms. The lowest BCUT2D eigenvalue weighted by atomic mass is 10.4. The van der Waals surface area contributed by atoms with Gasteiger partial charge in [-0.3, -0.25) is 4.68 Å². The predicted octanol–water partition coefficient (Wildman–Crippen LogP) is 0.330. The summed E-state index contributed by atoms with van der Waals surface area (Å²) in [6, 6.07) is 0.508. The van der Waals surface area contributed by atoms with Gasteiger partial charge in [0.15, 0.2) is 5.82 Å². The number of hydrogen-bond donors (Lipinski definition) is 1. The van der Waals surface area contributed by atoms with Crippen LogP contribution in [0.1, 0.15) is 19.7 Å². The Bertz CT molecular complexity index is 259. The molecule has 1 rings (SSSR count). The Balaban J connectivity index is 2.08. The van der Waals surface area contributed by atoms with Crippen LogP contribution in [0.15, 0.2) is 6.33 Å². The van der Waals surface area contributed by atoms with Gasteiger partial charge in [0, 0.05) is 19.6 Å². The zero-order chi connectivity index (χ0) is 10.4. The van der Waals surface area contributed by atoms with Gasteiger partial charge in [0.25, 0.3) is 0 Å². The van der Waals surface area contributed by atoms with Crippen LogP contribution in [-0.4, -0.2) is 34.0 Å². The van der Waals surface area contributed by atoms with Crippen LogP contribution in [0.2, 0.25) is 0 Å². The maximum absolute atomic E-state index is 5.42. The van der Waals surface area contributed by atoms with E-state index in [1.165, 1.54) is 6.33 Å². The third-order valence-electron chi connectivity index (χ3n) is 1.84. The van der Waals surface area contributed by atoms with E-state index in [2.05, 4.69) is 29.2 Å². The molecule has 1 N–H and O–H groups in total. The average Bonchev–Trinajstić information content (AvgIpc) is 2.51. The first-order chi connectivity index (χ1) is 6.70. The molecule has 0 spiro atoms. The fourth-order valence-electron chi connectivity index (χ4n) is 1.03. The van der Waals surface area contributed by atoms with E-state index < -0.39 is 0 Å². The molecule has 0 aliphatic carbocycles. The molecule has 0 aliphatic heterocycles. The number of hydrogen-bond acceptors (Lipinski definition) is 4. The van der Waals surface area contributed by atoms with Crippen LogP contribution in [0.5, 0.6) is 0 Å². The Hall–Kier alpha value is -0.940. The van der Waals surface area contributed by atoms with Gasteiger partial charge in [-0.1, -0.05) is 13.8 Å². The van der Waals surface area contributed by atoms with Crippen LogP contribution in [0.3, 0.4) is 0 Å². The fraction of sp³-hybridized carbons (Fsp3) is 0.778. The smallest absolute Gasteiger partial charge is 0.152 e. The molecule has 1 heterocycles. The highest BCUT2D eigenvalue weighted by atomic mass is 16.5. The van der Waals surface area contributed by atoms with Gasteiger partial charge in [0.05, 0.1) is 6.61 Å². The van der Waals surface area contributed by atoms with E-state index in [4.69, 9.17) is 4.74 Å². The summed E-state index contributed by atoms with van der Waals surface area (Å²) in [5, 5.41) is 7.23. The molecule has 0 aromatic carbocycles. The van der Waals surface area contributed by atoms with Crippen molar-refractivity contribution in [3.8, 4) is 0 Å². The Kier molecular flexibility index (Phi) is 4.55. The summed E-state index contributed by atoms with van der Waals surface area (Å²) in [6.45, 7) is 6.32. The van der Waals surface area contributed by atoms with Crippen molar-refractivity contribution in [2.24, 2.45) is 7.05 Å². The third-order valence-corrected chi connectivity index (χ3v) is 1.84. The minimum absolute atomic E-state index is 0.508. The van der Waals surface area contributed by atoms with E-state index in [-0.39, 0.29) is 0 Å². The average molecular weight is 198 g/mol. The van der Waals surface area contributed by atoms with E-state index >= 15 is 0 Å². The second-order valence-electron chi connectivity index (χ2n) is 3.46. The summed E-state index contributed by atoms with van der Waals surface area (Å²) in [5.41, 5.74) is 0. The molecule has 1 aromatic heterocycles. The molecule has 0 unspecified atom stereocenters. The number of rotatable bonds is 6. The van der Waals surface area contributed by atoms with Crippen LogP contribution < -0.4 is 5.32 Å². The lowest BCUT2D eigenvalue weighted by Crippen LogP contribution is -2.26. The summed E-state index contributed by atoms with van der Waals surface area (Å²) in [7, 11) is 1.86. The minimum Gasteiger partial charge on any atom is -0.372 e. The molecule has 0 radical (unpaired) electrons. The number of nitrogens with one attached hydrogen (secondary N) is 1. The molecular weight excluding hydrogens is 180 g/mol. The number of aryl methyl sites for hydroxylation is 1. The van der Waals surface area contributed by atoms with Crippen LogP contribution in [0, 0.1) is 0 Å². The molecule has 0 bridgehead atoms. The summed E-state index contributed by atoms with van der Waals surface area (Å²) >= 11 is 0. The van der Waals surface area contributed by atoms with Gasteiger partial charge in [0.2, 0.25) is 0 Å². The molecule has 80 valence electrons. The first-order valence-corrected chi connectivity index (χ1v) is 4.84. The number of aromatic nitrogens is 3. The Morgan fingerprint density at radius 2 is 2.36 bits per heavy atom. The summed E-state index contributed by atoms with van der Waals surface area (Å²) in [4.78, 5) is 4.05. The molecular formula is C9H18N4O. The van der Waals surface area contributed by atoms with Gasteiger partial charge >= 0.3 is 0 Å². The molecule has 0 aliphatic rings. The molecule has 14 heavy (non-hydrogen) atoms. The second-order valence-corrected chi connectivity index (χ2v) is 3.46. The van der Waals surface area contributed by atoms with E-state index in [1.54, 1.807) is 4.68 Å². The van der Waals surface area contributed by atoms with Gasteiger partial charge in [-0.25, -0.2) is 4.98 Å². The normalized spacial score (nSPS) is 11.1. The number of ether oxygens (including phenoxy) is 1. The first-order valence-electron chi connectivity index (χ1n) is 4.84. The zero-order valence-electron chi connectivity index (χ0n) is 9.03. The van der Waals surface area contributed by atoms with Crippen molar-refractivity contribution in [1.82, 2.24) is 20.1 Å². The number of nitrogens with zero attached hydrogens (tertiary/aromatic N) is 3. The first kappa shape index (κ1) is 11.1. The molecule has 0 saturated carbocycles. The maximum Gasteiger partial charge on any atom is 0.152 e. The highest BCUT2D eigenvalue weighted by Gasteiger charge is 1.99. The molecule has 1 aromatic rings. The van der Waals surface area contributed by atoms with Crippen LogP contribution in [0.25, 0.3) is 0 Å². The fourth-order valence-corrected chi connectivity index (χ4v) is 1.03. The summed E-state index contributed by atoms with van der Waals surface area (Å²) < 4.78 is 7.14. The van der Waals surface area contributed by atoms with Crippen molar-refractivity contribution >= 4 is 0 Å². The van der Waals surface area contributed by atoms with Gasteiger partial charge in [-0.2, -0.15) is 5.10 Å². The summed E-state index contributed by atoms with van der Waals surface area (Å²) in [6.07, 6.45) is 1.53. The van der Waals surface area contributed by atoms with Crippen molar-refractivity contribution in [2.75, 3.05) is 13.2 Å². The van der Waals surface area contributed by atoms with Gasteiger partial charge in [-0.05, 0) is 0 Å². The maximum atomic E-state index is 5.42. The molecule has 0 saturated heterocycles. The van der Waals surface area contributed by atoms with Crippen molar-refractivity contribution < 1.29 is 4.74 Å². The third kappa shape index (κ3) is 3.85. The molecule has 5 nitrogen and oxygen atoms in total. The zero-order valence-corrected chi connectivity index (χ0v) is 9.03. The highest BCUT2D eigenvalue weighted by Crippen LogP contribution is 1.93. The van der Waals surface area contributed by atoms with Crippen molar-refractivity contribution in [3.63, 3.8) is 0 Å². The Morgan fingerprint density at radius 1 is 1.57 bits per heavy atom. The monoisotopic (exact) mass is 198 g/mol. The molecule has 0 atom stereocenters. The van der Waals surface area contributed by atoms with Gasteiger partial charge in [0.1, 0.15) is 12.9 Å². The van der Waals surface area contributed by atoms with E-state index in [9.17, 15) is 0 Å². The van der Waals surface area contributed by atoms with Gasteiger partial charge in [-0.15, -0.1) is 0 Å². The van der Waals surface area contributed by atoms with Crippen LogP contribution in [0.4, 0.5) is 0 Å². The van der Waals surface area contributed by atoms with Crippen molar-refractivity contribution in [2.45, 2.75) is 26.5 Å². The Labute approximate surface area is 84.5 Å². The van der Waals surface area contributed by atoms with Crippen LogP contribution >= 0.6 is 0 Å². The standard InChI is InChI=1S/C9H18N4O/c1-8(2)10-4-5-14-6-9-11-7-12-13(9)3/h7-8,10H,4-6H2,1-3H3.